The molecule has 0 spiro atoms. The number of rotatable bonds is 7. The maximum absolute atomic E-state index is 11.8. The standard InChI is InChI=1S/C14H21N3O3/c1-10(2)8-16-14(18)11(3)15-9-12-6-4-5-7-13(12)17(19)20/h4-7,10-11,15H,8-9H2,1-3H3,(H,16,18). The second-order valence-corrected chi connectivity index (χ2v) is 5.13. The molecule has 0 radical (unpaired) electrons. The fourth-order valence-electron chi connectivity index (χ4n) is 1.65. The summed E-state index contributed by atoms with van der Waals surface area (Å²) < 4.78 is 0. The molecule has 1 amide bonds. The molecule has 1 atom stereocenters. The third-order valence-electron chi connectivity index (χ3n) is 2.86. The lowest BCUT2D eigenvalue weighted by molar-refractivity contribution is -0.385. The van der Waals surface area contributed by atoms with Gasteiger partial charge in [0, 0.05) is 24.7 Å². The average Bonchev–Trinajstić information content (AvgIpc) is 2.42. The summed E-state index contributed by atoms with van der Waals surface area (Å²) in [6.07, 6.45) is 0. The molecule has 0 fully saturated rings. The van der Waals surface area contributed by atoms with Crippen molar-refractivity contribution in [3.05, 3.63) is 39.9 Å². The molecule has 0 saturated heterocycles. The van der Waals surface area contributed by atoms with E-state index in [4.69, 9.17) is 0 Å². The summed E-state index contributed by atoms with van der Waals surface area (Å²) >= 11 is 0. The van der Waals surface area contributed by atoms with Crippen LogP contribution in [-0.4, -0.2) is 23.4 Å². The number of hydrogen-bond donors (Lipinski definition) is 2. The summed E-state index contributed by atoms with van der Waals surface area (Å²) in [5.41, 5.74) is 0.635. The maximum Gasteiger partial charge on any atom is 0.273 e. The van der Waals surface area contributed by atoms with Gasteiger partial charge >= 0.3 is 0 Å². The highest BCUT2D eigenvalue weighted by atomic mass is 16.6. The molecule has 0 heterocycles. The first-order valence-electron chi connectivity index (χ1n) is 6.65. The van der Waals surface area contributed by atoms with Crippen LogP contribution in [0.4, 0.5) is 5.69 Å². The first kappa shape index (κ1) is 16.1. The van der Waals surface area contributed by atoms with Gasteiger partial charge < -0.3 is 10.6 Å². The molecule has 0 aliphatic carbocycles. The lowest BCUT2D eigenvalue weighted by Gasteiger charge is -2.15. The van der Waals surface area contributed by atoms with Crippen LogP contribution >= 0.6 is 0 Å². The van der Waals surface area contributed by atoms with Gasteiger partial charge in [0.15, 0.2) is 0 Å². The molecule has 6 heteroatoms. The molecule has 1 unspecified atom stereocenters. The van der Waals surface area contributed by atoms with Crippen LogP contribution in [0.1, 0.15) is 26.3 Å². The van der Waals surface area contributed by atoms with E-state index in [-0.39, 0.29) is 18.1 Å². The second-order valence-electron chi connectivity index (χ2n) is 5.13. The fraction of sp³-hybridized carbons (Fsp3) is 0.500. The number of nitrogens with one attached hydrogen (secondary N) is 2. The van der Waals surface area contributed by atoms with Crippen molar-refractivity contribution in [3.8, 4) is 0 Å². The Balaban J connectivity index is 2.54. The SMILES string of the molecule is CC(C)CNC(=O)C(C)NCc1ccccc1[N+](=O)[O-]. The molecule has 6 nitrogen and oxygen atoms in total. The number of hydrogen-bond acceptors (Lipinski definition) is 4. The number of para-hydroxylation sites is 1. The molecule has 0 aromatic heterocycles. The Labute approximate surface area is 118 Å². The van der Waals surface area contributed by atoms with E-state index < -0.39 is 11.0 Å². The van der Waals surface area contributed by atoms with E-state index in [1.165, 1.54) is 6.07 Å². The number of benzene rings is 1. The predicted octanol–water partition coefficient (Wildman–Crippen LogP) is 1.85. The van der Waals surface area contributed by atoms with Crippen LogP contribution in [0.25, 0.3) is 0 Å². The largest absolute Gasteiger partial charge is 0.354 e. The van der Waals surface area contributed by atoms with Gasteiger partial charge in [-0.2, -0.15) is 0 Å². The van der Waals surface area contributed by atoms with Crippen LogP contribution < -0.4 is 10.6 Å². The molecule has 0 saturated carbocycles. The van der Waals surface area contributed by atoms with Crippen molar-refractivity contribution in [1.82, 2.24) is 10.6 Å². The van der Waals surface area contributed by atoms with Crippen LogP contribution in [0.15, 0.2) is 24.3 Å². The highest BCUT2D eigenvalue weighted by Crippen LogP contribution is 2.17. The molecular weight excluding hydrogens is 258 g/mol. The predicted molar refractivity (Wildman–Crippen MR) is 77.2 cm³/mol. The van der Waals surface area contributed by atoms with Gasteiger partial charge in [0.1, 0.15) is 0 Å². The third kappa shape index (κ3) is 4.97. The molecule has 0 bridgehead atoms. The van der Waals surface area contributed by atoms with Gasteiger partial charge in [0.05, 0.1) is 11.0 Å². The Morgan fingerprint density at radius 2 is 1.95 bits per heavy atom. The zero-order chi connectivity index (χ0) is 15.1. The average molecular weight is 279 g/mol. The summed E-state index contributed by atoms with van der Waals surface area (Å²) in [6.45, 7) is 6.69. The Morgan fingerprint density at radius 1 is 1.30 bits per heavy atom. The van der Waals surface area contributed by atoms with E-state index in [0.29, 0.717) is 18.0 Å². The van der Waals surface area contributed by atoms with Crippen molar-refractivity contribution >= 4 is 11.6 Å². The first-order chi connectivity index (χ1) is 9.41. The Morgan fingerprint density at radius 3 is 2.55 bits per heavy atom. The molecule has 1 aromatic carbocycles. The van der Waals surface area contributed by atoms with Crippen molar-refractivity contribution in [2.24, 2.45) is 5.92 Å². The van der Waals surface area contributed by atoms with Crippen LogP contribution in [0, 0.1) is 16.0 Å². The molecular formula is C14H21N3O3. The van der Waals surface area contributed by atoms with Crippen molar-refractivity contribution < 1.29 is 9.72 Å². The molecule has 110 valence electrons. The monoisotopic (exact) mass is 279 g/mol. The Bertz CT molecular complexity index is 474. The summed E-state index contributed by atoms with van der Waals surface area (Å²) in [5.74, 6) is 0.290. The van der Waals surface area contributed by atoms with Gasteiger partial charge in [0.2, 0.25) is 5.91 Å². The number of nitro groups is 1. The van der Waals surface area contributed by atoms with E-state index in [9.17, 15) is 14.9 Å². The smallest absolute Gasteiger partial charge is 0.273 e. The summed E-state index contributed by atoms with van der Waals surface area (Å²) in [5, 5.41) is 16.7. The van der Waals surface area contributed by atoms with E-state index in [2.05, 4.69) is 10.6 Å². The van der Waals surface area contributed by atoms with Crippen molar-refractivity contribution in [2.45, 2.75) is 33.4 Å². The number of nitro benzene ring substituents is 1. The number of amides is 1. The normalized spacial score (nSPS) is 12.2. The molecule has 2 N–H and O–H groups in total. The number of carbonyl (C=O) groups is 1. The third-order valence-corrected chi connectivity index (χ3v) is 2.86. The molecule has 1 rings (SSSR count). The van der Waals surface area contributed by atoms with Crippen LogP contribution in [0.2, 0.25) is 0 Å². The van der Waals surface area contributed by atoms with Crippen LogP contribution in [0.5, 0.6) is 0 Å². The summed E-state index contributed by atoms with van der Waals surface area (Å²) in [7, 11) is 0. The van der Waals surface area contributed by atoms with Gasteiger partial charge in [-0.25, -0.2) is 0 Å². The zero-order valence-electron chi connectivity index (χ0n) is 12.1. The lowest BCUT2D eigenvalue weighted by atomic mass is 10.1. The summed E-state index contributed by atoms with van der Waals surface area (Å²) in [4.78, 5) is 22.2. The number of nitrogens with zero attached hydrogens (tertiary/aromatic N) is 1. The highest BCUT2D eigenvalue weighted by Gasteiger charge is 2.16. The van der Waals surface area contributed by atoms with Gasteiger partial charge in [-0.05, 0) is 12.8 Å². The molecule has 1 aromatic rings. The maximum atomic E-state index is 11.8. The van der Waals surface area contributed by atoms with Crippen molar-refractivity contribution in [3.63, 3.8) is 0 Å². The number of carbonyl (C=O) groups excluding carboxylic acids is 1. The minimum Gasteiger partial charge on any atom is -0.354 e. The van der Waals surface area contributed by atoms with Crippen molar-refractivity contribution in [2.75, 3.05) is 6.54 Å². The molecule has 20 heavy (non-hydrogen) atoms. The zero-order valence-corrected chi connectivity index (χ0v) is 12.1. The molecule has 0 aliphatic rings. The van der Waals surface area contributed by atoms with Crippen LogP contribution in [-0.2, 0) is 11.3 Å². The topological polar surface area (TPSA) is 84.3 Å². The van der Waals surface area contributed by atoms with Gasteiger partial charge in [-0.1, -0.05) is 32.0 Å². The minimum atomic E-state index is -0.416. The van der Waals surface area contributed by atoms with Crippen LogP contribution in [0.3, 0.4) is 0 Å². The highest BCUT2D eigenvalue weighted by molar-refractivity contribution is 5.81. The van der Waals surface area contributed by atoms with Gasteiger partial charge in [-0.3, -0.25) is 14.9 Å². The van der Waals surface area contributed by atoms with E-state index in [0.717, 1.165) is 0 Å². The minimum absolute atomic E-state index is 0.0646. The second kappa shape index (κ2) is 7.59. The first-order valence-corrected chi connectivity index (χ1v) is 6.65. The van der Waals surface area contributed by atoms with E-state index >= 15 is 0 Å². The van der Waals surface area contributed by atoms with Gasteiger partial charge in [-0.15, -0.1) is 0 Å². The fourth-order valence-corrected chi connectivity index (χ4v) is 1.65. The lowest BCUT2D eigenvalue weighted by Crippen LogP contribution is -2.43. The van der Waals surface area contributed by atoms with E-state index in [1.54, 1.807) is 25.1 Å². The van der Waals surface area contributed by atoms with Gasteiger partial charge in [0.25, 0.3) is 5.69 Å². The Kier molecular flexibility index (Phi) is 6.11. The Hall–Kier alpha value is -1.95. The summed E-state index contributed by atoms with van der Waals surface area (Å²) in [6, 6.07) is 6.12. The quantitative estimate of drug-likeness (QED) is 0.589. The van der Waals surface area contributed by atoms with E-state index in [1.807, 2.05) is 13.8 Å². The van der Waals surface area contributed by atoms with Crippen molar-refractivity contribution in [1.29, 1.82) is 0 Å². The molecule has 0 aliphatic heterocycles.